The van der Waals surface area contributed by atoms with Crippen LogP contribution in [0, 0.1) is 11.3 Å². The van der Waals surface area contributed by atoms with Crippen LogP contribution in [0.25, 0.3) is 0 Å². The van der Waals surface area contributed by atoms with Crippen LogP contribution in [-0.2, 0) is 11.2 Å². The molecule has 0 unspecified atom stereocenters. The summed E-state index contributed by atoms with van der Waals surface area (Å²) in [4.78, 5) is 14.5. The van der Waals surface area contributed by atoms with E-state index in [1.807, 2.05) is 31.2 Å². The van der Waals surface area contributed by atoms with Gasteiger partial charge in [-0.15, -0.1) is 12.6 Å². The van der Waals surface area contributed by atoms with E-state index < -0.39 is 0 Å². The van der Waals surface area contributed by atoms with Gasteiger partial charge < -0.3 is 4.90 Å². The van der Waals surface area contributed by atoms with Crippen LogP contribution in [0.4, 0.5) is 0 Å². The first-order valence-electron chi connectivity index (χ1n) is 5.60. The fraction of sp³-hybridized carbons (Fsp3) is 0.385. The van der Waals surface area contributed by atoms with Crippen LogP contribution in [0.3, 0.4) is 0 Å². The van der Waals surface area contributed by atoms with Gasteiger partial charge in [0.2, 0.25) is 5.91 Å². The van der Waals surface area contributed by atoms with Crippen molar-refractivity contribution in [3.8, 4) is 6.07 Å². The Morgan fingerprint density at radius 3 is 2.59 bits per heavy atom. The molecule has 4 heteroatoms. The number of nitrogens with zero attached hydrogens (tertiary/aromatic N) is 2. The molecule has 0 saturated heterocycles. The average molecular weight is 248 g/mol. The third kappa shape index (κ3) is 4.49. The molecule has 0 aliphatic rings. The Hall–Kier alpha value is -1.47. The molecule has 3 nitrogen and oxygen atoms in total. The number of amides is 1. The topological polar surface area (TPSA) is 44.1 Å². The first-order chi connectivity index (χ1) is 8.17. The highest BCUT2D eigenvalue weighted by Gasteiger charge is 2.11. The van der Waals surface area contributed by atoms with Crippen molar-refractivity contribution in [2.45, 2.75) is 24.7 Å². The Morgan fingerprint density at radius 2 is 2.06 bits per heavy atom. The Balaban J connectivity index is 2.58. The SMILES string of the molecule is CCN(CCC#N)C(=O)Cc1ccc(S)cc1. The summed E-state index contributed by atoms with van der Waals surface area (Å²) in [7, 11) is 0. The van der Waals surface area contributed by atoms with Gasteiger partial charge in [0.15, 0.2) is 0 Å². The molecule has 1 rings (SSSR count). The second kappa shape index (κ2) is 6.97. The van der Waals surface area contributed by atoms with Crippen LogP contribution < -0.4 is 0 Å². The van der Waals surface area contributed by atoms with E-state index in [-0.39, 0.29) is 5.91 Å². The van der Waals surface area contributed by atoms with Gasteiger partial charge in [0.1, 0.15) is 0 Å². The predicted molar refractivity (Wildman–Crippen MR) is 69.9 cm³/mol. The number of hydrogen-bond acceptors (Lipinski definition) is 3. The maximum absolute atomic E-state index is 11.9. The number of carbonyl (C=O) groups is 1. The van der Waals surface area contributed by atoms with Gasteiger partial charge in [0.05, 0.1) is 18.9 Å². The monoisotopic (exact) mass is 248 g/mol. The molecule has 0 heterocycles. The molecule has 0 N–H and O–H groups in total. The zero-order valence-electron chi connectivity index (χ0n) is 9.89. The van der Waals surface area contributed by atoms with Crippen LogP contribution in [-0.4, -0.2) is 23.9 Å². The minimum Gasteiger partial charge on any atom is -0.342 e. The van der Waals surface area contributed by atoms with Crippen LogP contribution in [0.15, 0.2) is 29.2 Å². The summed E-state index contributed by atoms with van der Waals surface area (Å²) < 4.78 is 0. The largest absolute Gasteiger partial charge is 0.342 e. The molecule has 90 valence electrons. The predicted octanol–water partition coefficient (Wildman–Crippen LogP) is 2.28. The Bertz CT molecular complexity index is 408. The number of thiol groups is 1. The van der Waals surface area contributed by atoms with Gasteiger partial charge in [0, 0.05) is 18.0 Å². The van der Waals surface area contributed by atoms with Crippen molar-refractivity contribution in [1.82, 2.24) is 4.90 Å². The van der Waals surface area contributed by atoms with E-state index in [9.17, 15) is 4.79 Å². The molecule has 0 spiro atoms. The third-order valence-electron chi connectivity index (χ3n) is 2.52. The maximum atomic E-state index is 11.9. The van der Waals surface area contributed by atoms with Gasteiger partial charge in [-0.2, -0.15) is 5.26 Å². The first kappa shape index (κ1) is 13.6. The van der Waals surface area contributed by atoms with E-state index in [2.05, 4.69) is 18.7 Å². The van der Waals surface area contributed by atoms with Gasteiger partial charge in [-0.05, 0) is 24.6 Å². The highest BCUT2D eigenvalue weighted by atomic mass is 32.1. The lowest BCUT2D eigenvalue weighted by molar-refractivity contribution is -0.130. The normalized spacial score (nSPS) is 9.71. The number of benzene rings is 1. The van der Waals surface area contributed by atoms with E-state index in [0.29, 0.717) is 25.9 Å². The molecule has 0 aromatic heterocycles. The van der Waals surface area contributed by atoms with Crippen molar-refractivity contribution in [2.24, 2.45) is 0 Å². The molecule has 1 aromatic rings. The number of carbonyl (C=O) groups excluding carboxylic acids is 1. The molecule has 0 radical (unpaired) electrons. The molecule has 0 saturated carbocycles. The maximum Gasteiger partial charge on any atom is 0.227 e. The lowest BCUT2D eigenvalue weighted by Gasteiger charge is -2.19. The molecular formula is C13H16N2OS. The van der Waals surface area contributed by atoms with Crippen LogP contribution in [0.2, 0.25) is 0 Å². The smallest absolute Gasteiger partial charge is 0.227 e. The second-order valence-electron chi connectivity index (χ2n) is 3.72. The number of likely N-dealkylation sites (N-methyl/N-ethyl adjacent to an activating group) is 1. The summed E-state index contributed by atoms with van der Waals surface area (Å²) in [5, 5.41) is 8.52. The van der Waals surface area contributed by atoms with Gasteiger partial charge in [0.25, 0.3) is 0 Å². The fourth-order valence-corrected chi connectivity index (χ4v) is 1.69. The minimum atomic E-state index is 0.0645. The molecule has 0 bridgehead atoms. The van der Waals surface area contributed by atoms with Crippen LogP contribution in [0.5, 0.6) is 0 Å². The lowest BCUT2D eigenvalue weighted by Crippen LogP contribution is -2.32. The molecule has 1 amide bonds. The third-order valence-corrected chi connectivity index (χ3v) is 2.82. The number of hydrogen-bond donors (Lipinski definition) is 1. The number of rotatable bonds is 5. The lowest BCUT2D eigenvalue weighted by atomic mass is 10.1. The van der Waals surface area contributed by atoms with Gasteiger partial charge in [-0.1, -0.05) is 12.1 Å². The summed E-state index contributed by atoms with van der Waals surface area (Å²) in [6, 6.07) is 9.60. The Morgan fingerprint density at radius 1 is 1.41 bits per heavy atom. The molecule has 17 heavy (non-hydrogen) atoms. The molecule has 1 aromatic carbocycles. The van der Waals surface area contributed by atoms with Crippen molar-refractivity contribution < 1.29 is 4.79 Å². The van der Waals surface area contributed by atoms with E-state index in [1.54, 1.807) is 4.90 Å². The van der Waals surface area contributed by atoms with Crippen LogP contribution in [0.1, 0.15) is 18.9 Å². The van der Waals surface area contributed by atoms with Gasteiger partial charge >= 0.3 is 0 Å². The van der Waals surface area contributed by atoms with Crippen molar-refractivity contribution in [3.63, 3.8) is 0 Å². The number of nitriles is 1. The summed E-state index contributed by atoms with van der Waals surface area (Å²) in [6.07, 6.45) is 0.766. The highest BCUT2D eigenvalue weighted by molar-refractivity contribution is 7.80. The van der Waals surface area contributed by atoms with E-state index in [1.165, 1.54) is 0 Å². The molecule has 0 aliphatic heterocycles. The van der Waals surface area contributed by atoms with E-state index in [0.717, 1.165) is 10.5 Å². The van der Waals surface area contributed by atoms with Crippen molar-refractivity contribution in [1.29, 1.82) is 5.26 Å². The van der Waals surface area contributed by atoms with Gasteiger partial charge in [-0.25, -0.2) is 0 Å². The highest BCUT2D eigenvalue weighted by Crippen LogP contribution is 2.09. The minimum absolute atomic E-state index is 0.0645. The Labute approximate surface area is 107 Å². The van der Waals surface area contributed by atoms with E-state index >= 15 is 0 Å². The zero-order valence-corrected chi connectivity index (χ0v) is 10.8. The Kier molecular flexibility index (Phi) is 5.58. The average Bonchev–Trinajstić information content (AvgIpc) is 2.33. The quantitative estimate of drug-likeness (QED) is 0.812. The van der Waals surface area contributed by atoms with Crippen molar-refractivity contribution in [2.75, 3.05) is 13.1 Å². The van der Waals surface area contributed by atoms with E-state index in [4.69, 9.17) is 5.26 Å². The zero-order chi connectivity index (χ0) is 12.7. The van der Waals surface area contributed by atoms with Gasteiger partial charge in [-0.3, -0.25) is 4.79 Å². The molecule has 0 aliphatic carbocycles. The summed E-state index contributed by atoms with van der Waals surface area (Å²) in [6.45, 7) is 3.08. The molecule has 0 atom stereocenters. The first-order valence-corrected chi connectivity index (χ1v) is 6.04. The standard InChI is InChI=1S/C13H16N2OS/c1-2-15(9-3-8-14)13(16)10-11-4-6-12(17)7-5-11/h4-7,17H,2-3,9-10H2,1H3. The van der Waals surface area contributed by atoms with Crippen LogP contribution >= 0.6 is 12.6 Å². The molecular weight excluding hydrogens is 232 g/mol. The summed E-state index contributed by atoms with van der Waals surface area (Å²) in [5.74, 6) is 0.0645. The fourth-order valence-electron chi connectivity index (χ4n) is 1.54. The van der Waals surface area contributed by atoms with Crippen molar-refractivity contribution >= 4 is 18.5 Å². The summed E-state index contributed by atoms with van der Waals surface area (Å²) in [5.41, 5.74) is 0.975. The van der Waals surface area contributed by atoms with Crippen molar-refractivity contribution in [3.05, 3.63) is 29.8 Å². The molecule has 0 fully saturated rings. The summed E-state index contributed by atoms with van der Waals surface area (Å²) >= 11 is 4.20. The second-order valence-corrected chi connectivity index (χ2v) is 4.24.